The van der Waals surface area contributed by atoms with Crippen molar-refractivity contribution in [3.63, 3.8) is 0 Å². The van der Waals surface area contributed by atoms with Gasteiger partial charge in [0.25, 0.3) is 5.91 Å². The number of hydrogen-bond donors (Lipinski definition) is 0. The Kier molecular flexibility index (Phi) is 5.61. The summed E-state index contributed by atoms with van der Waals surface area (Å²) in [5.74, 6) is -3.23. The Morgan fingerprint density at radius 1 is 1.29 bits per heavy atom. The quantitative estimate of drug-likeness (QED) is 0.353. The summed E-state index contributed by atoms with van der Waals surface area (Å²) in [7, 11) is 0. The molecule has 0 bridgehead atoms. The lowest BCUT2D eigenvalue weighted by Crippen LogP contribution is -2.23. The fourth-order valence-electron chi connectivity index (χ4n) is 2.38. The first-order valence-electron chi connectivity index (χ1n) is 7.77. The van der Waals surface area contributed by atoms with Crippen LogP contribution in [0.2, 0.25) is 0 Å². The van der Waals surface area contributed by atoms with Crippen LogP contribution in [0, 0.1) is 21.7 Å². The van der Waals surface area contributed by atoms with Gasteiger partial charge < -0.3 is 9.30 Å². The lowest BCUT2D eigenvalue weighted by Gasteiger charge is -2.05. The number of carbonyl (C=O) groups is 2. The molecule has 1 aromatic carbocycles. The Labute approximate surface area is 163 Å². The van der Waals surface area contributed by atoms with Gasteiger partial charge in [-0.05, 0) is 19.1 Å². The van der Waals surface area contributed by atoms with E-state index in [0.29, 0.717) is 17.4 Å². The van der Waals surface area contributed by atoms with E-state index in [9.17, 15) is 28.5 Å². The smallest absolute Gasteiger partial charge is 0.326 e. The van der Waals surface area contributed by atoms with Crippen LogP contribution in [-0.2, 0) is 16.1 Å². The summed E-state index contributed by atoms with van der Waals surface area (Å²) in [4.78, 5) is 38.2. The maximum atomic E-state index is 14.3. The molecule has 12 heteroatoms. The third-order valence-corrected chi connectivity index (χ3v) is 5.52. The van der Waals surface area contributed by atoms with E-state index in [4.69, 9.17) is 4.74 Å². The number of aromatic nitrogens is 1. The van der Waals surface area contributed by atoms with Gasteiger partial charge in [-0.3, -0.25) is 19.7 Å². The Bertz CT molecular complexity index is 1160. The number of thiazole rings is 1. The molecule has 0 aliphatic rings. The van der Waals surface area contributed by atoms with Crippen LogP contribution in [0.1, 0.15) is 16.6 Å². The third kappa shape index (κ3) is 3.97. The minimum absolute atomic E-state index is 0.00140. The van der Waals surface area contributed by atoms with Gasteiger partial charge in [-0.2, -0.15) is 4.99 Å². The molecule has 146 valence electrons. The van der Waals surface area contributed by atoms with E-state index < -0.39 is 35.0 Å². The summed E-state index contributed by atoms with van der Waals surface area (Å²) in [6.45, 7) is 1.26. The summed E-state index contributed by atoms with van der Waals surface area (Å²) < 4.78 is 34.0. The van der Waals surface area contributed by atoms with Crippen LogP contribution in [0.15, 0.2) is 29.3 Å². The number of rotatable bonds is 5. The summed E-state index contributed by atoms with van der Waals surface area (Å²) in [5, 5.41) is 10.5. The second-order valence-corrected chi connectivity index (χ2v) is 7.39. The summed E-state index contributed by atoms with van der Waals surface area (Å²) in [6.07, 6.45) is 0. The number of benzene rings is 1. The molecule has 0 atom stereocenters. The van der Waals surface area contributed by atoms with Gasteiger partial charge in [0.15, 0.2) is 10.6 Å². The van der Waals surface area contributed by atoms with Crippen molar-refractivity contribution < 1.29 is 28.0 Å². The number of esters is 1. The van der Waals surface area contributed by atoms with Gasteiger partial charge in [0.1, 0.15) is 17.2 Å². The summed E-state index contributed by atoms with van der Waals surface area (Å²) in [5.41, 5.74) is -0.0943. The molecule has 0 spiro atoms. The second kappa shape index (κ2) is 7.94. The van der Waals surface area contributed by atoms with E-state index >= 15 is 0 Å². The first-order valence-corrected chi connectivity index (χ1v) is 9.40. The number of nitro groups is 1. The van der Waals surface area contributed by atoms with E-state index in [-0.39, 0.29) is 31.5 Å². The number of amides is 1. The number of ether oxygens (including phenoxy) is 1. The van der Waals surface area contributed by atoms with Crippen molar-refractivity contribution in [1.29, 1.82) is 0 Å². The highest BCUT2D eigenvalue weighted by molar-refractivity contribution is 7.17. The topological polar surface area (TPSA) is 104 Å². The first-order chi connectivity index (χ1) is 13.3. The average Bonchev–Trinajstić information content (AvgIpc) is 3.21. The molecular weight excluding hydrogens is 416 g/mol. The molecule has 0 radical (unpaired) electrons. The molecule has 8 nitrogen and oxygen atoms in total. The normalized spacial score (nSPS) is 11.8. The van der Waals surface area contributed by atoms with Crippen molar-refractivity contribution in [2.24, 2.45) is 4.99 Å². The van der Waals surface area contributed by atoms with Crippen molar-refractivity contribution >= 4 is 49.8 Å². The average molecular weight is 427 g/mol. The number of thiophene rings is 1. The fourth-order valence-corrected chi connectivity index (χ4v) is 4.15. The van der Waals surface area contributed by atoms with Crippen LogP contribution < -0.4 is 4.80 Å². The lowest BCUT2D eigenvalue weighted by molar-refractivity contribution is -0.380. The highest BCUT2D eigenvalue weighted by Crippen LogP contribution is 2.25. The maximum Gasteiger partial charge on any atom is 0.326 e. The van der Waals surface area contributed by atoms with Crippen molar-refractivity contribution in [2.45, 2.75) is 13.5 Å². The Morgan fingerprint density at radius 3 is 2.68 bits per heavy atom. The van der Waals surface area contributed by atoms with Crippen LogP contribution in [0.3, 0.4) is 0 Å². The third-order valence-electron chi connectivity index (χ3n) is 3.47. The van der Waals surface area contributed by atoms with Gasteiger partial charge in [0, 0.05) is 12.1 Å². The number of halogens is 2. The lowest BCUT2D eigenvalue weighted by atomic mass is 10.3. The highest BCUT2D eigenvalue weighted by Gasteiger charge is 2.19. The fraction of sp³-hybridized carbons (Fsp3) is 0.188. The predicted octanol–water partition coefficient (Wildman–Crippen LogP) is 3.25. The zero-order valence-corrected chi connectivity index (χ0v) is 15.8. The van der Waals surface area contributed by atoms with Crippen molar-refractivity contribution in [1.82, 2.24) is 4.57 Å². The molecule has 0 fully saturated rings. The van der Waals surface area contributed by atoms with Gasteiger partial charge in [0.2, 0.25) is 0 Å². The minimum Gasteiger partial charge on any atom is -0.465 e. The largest absolute Gasteiger partial charge is 0.465 e. The van der Waals surface area contributed by atoms with Crippen molar-refractivity contribution in [3.05, 3.63) is 55.7 Å². The number of hydrogen-bond acceptors (Lipinski definition) is 7. The molecule has 28 heavy (non-hydrogen) atoms. The van der Waals surface area contributed by atoms with Crippen molar-refractivity contribution in [3.8, 4) is 0 Å². The molecule has 3 aromatic rings. The molecule has 0 N–H and O–H groups in total. The van der Waals surface area contributed by atoms with Crippen LogP contribution >= 0.6 is 22.7 Å². The van der Waals surface area contributed by atoms with E-state index in [1.165, 1.54) is 12.1 Å². The summed E-state index contributed by atoms with van der Waals surface area (Å²) in [6, 6.07) is 4.13. The zero-order valence-electron chi connectivity index (χ0n) is 14.2. The molecule has 3 rings (SSSR count). The maximum absolute atomic E-state index is 14.3. The Balaban J connectivity index is 2.13. The van der Waals surface area contributed by atoms with Crippen molar-refractivity contribution in [2.75, 3.05) is 6.61 Å². The van der Waals surface area contributed by atoms with Crippen LogP contribution in [0.4, 0.5) is 13.8 Å². The molecule has 2 heterocycles. The molecule has 0 aliphatic heterocycles. The van der Waals surface area contributed by atoms with Crippen LogP contribution in [0.25, 0.3) is 10.2 Å². The van der Waals surface area contributed by atoms with Gasteiger partial charge in [-0.1, -0.05) is 22.7 Å². The minimum atomic E-state index is -0.920. The first kappa shape index (κ1) is 19.8. The van der Waals surface area contributed by atoms with Gasteiger partial charge in [-0.15, -0.1) is 0 Å². The molecular formula is C16H11F2N3O5S2. The molecule has 0 saturated heterocycles. The van der Waals surface area contributed by atoms with E-state index in [1.54, 1.807) is 6.92 Å². The summed E-state index contributed by atoms with van der Waals surface area (Å²) >= 11 is 1.44. The number of fused-ring (bicyclic) bond motifs is 1. The standard InChI is InChI=1S/C16H11F2N3O5S2/c1-2-26-13(22)7-20-14-9(18)5-8(17)6-11(14)28-16(20)19-15(23)10-3-4-12(27-10)21(24)25/h3-6H,2,7H2,1H3. The monoisotopic (exact) mass is 427 g/mol. The Hall–Kier alpha value is -2.99. The molecule has 0 unspecified atom stereocenters. The molecule has 0 saturated carbocycles. The highest BCUT2D eigenvalue weighted by atomic mass is 32.1. The van der Waals surface area contributed by atoms with Gasteiger partial charge in [-0.25, -0.2) is 8.78 Å². The number of nitrogens with zero attached hydrogens (tertiary/aromatic N) is 3. The molecule has 2 aromatic heterocycles. The SMILES string of the molecule is CCOC(=O)Cn1c(=NC(=O)c2ccc([N+](=O)[O-])s2)sc2cc(F)cc(F)c21. The Morgan fingerprint density at radius 2 is 2.04 bits per heavy atom. The van der Waals surface area contributed by atoms with Gasteiger partial charge in [0.05, 0.1) is 21.7 Å². The van der Waals surface area contributed by atoms with Crippen LogP contribution in [-0.4, -0.2) is 28.0 Å². The molecule has 0 aliphatic carbocycles. The number of carbonyl (C=O) groups excluding carboxylic acids is 2. The predicted molar refractivity (Wildman–Crippen MR) is 97.2 cm³/mol. The van der Waals surface area contributed by atoms with Crippen LogP contribution in [0.5, 0.6) is 0 Å². The van der Waals surface area contributed by atoms with E-state index in [2.05, 4.69) is 4.99 Å². The van der Waals surface area contributed by atoms with E-state index in [1.807, 2.05) is 0 Å². The second-order valence-electron chi connectivity index (χ2n) is 5.32. The molecule has 1 amide bonds. The van der Waals surface area contributed by atoms with Gasteiger partial charge >= 0.3 is 11.0 Å². The van der Waals surface area contributed by atoms with E-state index in [0.717, 1.165) is 22.0 Å². The zero-order chi connectivity index (χ0) is 20.4.